The highest BCUT2D eigenvalue weighted by Crippen LogP contribution is 2.12. The Hall–Kier alpha value is -3.88. The summed E-state index contributed by atoms with van der Waals surface area (Å²) in [5, 5.41) is 19.9. The Kier molecular flexibility index (Phi) is 9.41. The molecule has 1 amide bonds. The standard InChI is InChI=1S/C24H29N3O6/c1-16(2)22(32-20(28)15-18-12-8-5-9-13-18)33-24(31)26-23(25)27(3)19(21(29)30)14-17-10-6-4-7-11-17/h4-13,16,19,22H,14-15H2,1-3H3,(H,29,30)(H2,25,26,31). The molecule has 0 spiro atoms. The number of alkyl carbamates (subject to hydrolysis) is 1. The van der Waals surface area contributed by atoms with E-state index >= 15 is 0 Å². The summed E-state index contributed by atoms with van der Waals surface area (Å²) in [5.74, 6) is -2.50. The first-order valence-electron chi connectivity index (χ1n) is 10.5. The first-order valence-corrected chi connectivity index (χ1v) is 10.5. The van der Waals surface area contributed by atoms with Crippen LogP contribution >= 0.6 is 0 Å². The van der Waals surface area contributed by atoms with E-state index in [1.807, 2.05) is 12.1 Å². The molecule has 0 saturated carbocycles. The van der Waals surface area contributed by atoms with Gasteiger partial charge in [-0.2, -0.15) is 0 Å². The lowest BCUT2D eigenvalue weighted by atomic mass is 10.1. The van der Waals surface area contributed by atoms with E-state index in [2.05, 4.69) is 5.32 Å². The third-order valence-corrected chi connectivity index (χ3v) is 4.80. The summed E-state index contributed by atoms with van der Waals surface area (Å²) in [7, 11) is 1.39. The van der Waals surface area contributed by atoms with Crippen molar-refractivity contribution >= 4 is 24.0 Å². The van der Waals surface area contributed by atoms with Gasteiger partial charge < -0.3 is 19.5 Å². The minimum Gasteiger partial charge on any atom is -0.480 e. The molecule has 0 aliphatic carbocycles. The molecule has 0 saturated heterocycles. The van der Waals surface area contributed by atoms with Gasteiger partial charge in [0.25, 0.3) is 6.29 Å². The zero-order valence-corrected chi connectivity index (χ0v) is 18.9. The van der Waals surface area contributed by atoms with Gasteiger partial charge in [0.2, 0.25) is 5.96 Å². The van der Waals surface area contributed by atoms with Gasteiger partial charge in [0, 0.05) is 19.4 Å². The predicted molar refractivity (Wildman–Crippen MR) is 122 cm³/mol. The summed E-state index contributed by atoms with van der Waals surface area (Å²) in [5.41, 5.74) is 1.54. The van der Waals surface area contributed by atoms with Crippen LogP contribution in [0.4, 0.5) is 4.79 Å². The number of benzene rings is 2. The molecule has 2 atom stereocenters. The topological polar surface area (TPSA) is 129 Å². The van der Waals surface area contributed by atoms with E-state index in [1.165, 1.54) is 7.05 Å². The molecule has 0 aromatic heterocycles. The SMILES string of the molecule is CC(C)C(OC(=O)Cc1ccccc1)OC(=O)NC(=N)N(C)C(Cc1ccccc1)C(=O)O. The quantitative estimate of drug-likeness (QED) is 0.229. The van der Waals surface area contributed by atoms with Crippen molar-refractivity contribution in [2.45, 2.75) is 39.0 Å². The fraction of sp³-hybridized carbons (Fsp3) is 0.333. The summed E-state index contributed by atoms with van der Waals surface area (Å²) < 4.78 is 10.5. The van der Waals surface area contributed by atoms with Crippen molar-refractivity contribution < 1.29 is 29.0 Å². The van der Waals surface area contributed by atoms with Gasteiger partial charge >= 0.3 is 18.0 Å². The Bertz CT molecular complexity index is 949. The fourth-order valence-corrected chi connectivity index (χ4v) is 2.93. The molecule has 0 radical (unpaired) electrons. The molecule has 3 N–H and O–H groups in total. The van der Waals surface area contributed by atoms with Crippen LogP contribution in [0.2, 0.25) is 0 Å². The number of amides is 1. The number of carboxylic acid groups (broad SMARTS) is 1. The third kappa shape index (κ3) is 8.29. The molecule has 0 aliphatic rings. The summed E-state index contributed by atoms with van der Waals surface area (Å²) >= 11 is 0. The van der Waals surface area contributed by atoms with Crippen LogP contribution in [0.25, 0.3) is 0 Å². The van der Waals surface area contributed by atoms with Crippen molar-refractivity contribution in [3.8, 4) is 0 Å². The Morgan fingerprint density at radius 3 is 2.03 bits per heavy atom. The molecule has 33 heavy (non-hydrogen) atoms. The van der Waals surface area contributed by atoms with Gasteiger partial charge in [-0.25, -0.2) is 9.59 Å². The monoisotopic (exact) mass is 455 g/mol. The number of ether oxygens (including phenoxy) is 2. The van der Waals surface area contributed by atoms with E-state index in [0.717, 1.165) is 16.0 Å². The summed E-state index contributed by atoms with van der Waals surface area (Å²) in [6.45, 7) is 3.43. The average Bonchev–Trinajstić information content (AvgIpc) is 2.77. The molecule has 0 fully saturated rings. The number of carboxylic acids is 1. The van der Waals surface area contributed by atoms with Crippen LogP contribution in [-0.2, 0) is 31.9 Å². The van der Waals surface area contributed by atoms with Gasteiger partial charge in [0.1, 0.15) is 6.04 Å². The van der Waals surface area contributed by atoms with Crippen LogP contribution in [-0.4, -0.2) is 53.4 Å². The van der Waals surface area contributed by atoms with Crippen LogP contribution in [0.1, 0.15) is 25.0 Å². The number of hydrogen-bond acceptors (Lipinski definition) is 6. The number of nitrogens with zero attached hydrogens (tertiary/aromatic N) is 1. The molecule has 0 bridgehead atoms. The third-order valence-electron chi connectivity index (χ3n) is 4.80. The average molecular weight is 456 g/mol. The van der Waals surface area contributed by atoms with Gasteiger partial charge in [-0.3, -0.25) is 15.5 Å². The van der Waals surface area contributed by atoms with Gasteiger partial charge in [-0.1, -0.05) is 74.5 Å². The summed E-state index contributed by atoms with van der Waals surface area (Å²) in [6.07, 6.45) is -2.04. The van der Waals surface area contributed by atoms with Crippen LogP contribution in [0, 0.1) is 11.3 Å². The molecule has 9 nitrogen and oxygen atoms in total. The molecule has 2 unspecified atom stereocenters. The molecule has 9 heteroatoms. The number of hydrogen-bond donors (Lipinski definition) is 3. The lowest BCUT2D eigenvalue weighted by molar-refractivity contribution is -0.173. The van der Waals surface area contributed by atoms with Crippen LogP contribution < -0.4 is 5.32 Å². The fourth-order valence-electron chi connectivity index (χ4n) is 2.93. The zero-order chi connectivity index (χ0) is 24.4. The van der Waals surface area contributed by atoms with Crippen molar-refractivity contribution in [2.75, 3.05) is 7.05 Å². The first kappa shape index (κ1) is 25.4. The molecule has 2 aromatic rings. The van der Waals surface area contributed by atoms with E-state index in [9.17, 15) is 19.5 Å². The van der Waals surface area contributed by atoms with Crippen molar-refractivity contribution in [2.24, 2.45) is 5.92 Å². The number of nitrogens with one attached hydrogen (secondary N) is 2. The number of likely N-dealkylation sites (N-methyl/N-ethyl adjacent to an activating group) is 1. The highest BCUT2D eigenvalue weighted by Gasteiger charge is 2.28. The Balaban J connectivity index is 1.94. The number of aliphatic carboxylic acids is 1. The maximum Gasteiger partial charge on any atom is 0.417 e. The van der Waals surface area contributed by atoms with Crippen molar-refractivity contribution in [1.82, 2.24) is 10.2 Å². The molecular formula is C24H29N3O6. The van der Waals surface area contributed by atoms with E-state index < -0.39 is 36.3 Å². The van der Waals surface area contributed by atoms with Crippen LogP contribution in [0.5, 0.6) is 0 Å². The van der Waals surface area contributed by atoms with Crippen LogP contribution in [0.15, 0.2) is 60.7 Å². The second-order valence-corrected chi connectivity index (χ2v) is 7.80. The highest BCUT2D eigenvalue weighted by atomic mass is 16.7. The number of esters is 1. The highest BCUT2D eigenvalue weighted by molar-refractivity contribution is 5.94. The largest absolute Gasteiger partial charge is 0.480 e. The van der Waals surface area contributed by atoms with Crippen molar-refractivity contribution in [3.63, 3.8) is 0 Å². The van der Waals surface area contributed by atoms with Crippen molar-refractivity contribution in [3.05, 3.63) is 71.8 Å². The van der Waals surface area contributed by atoms with E-state index in [4.69, 9.17) is 14.9 Å². The maximum atomic E-state index is 12.3. The van der Waals surface area contributed by atoms with Gasteiger partial charge in [0.05, 0.1) is 6.42 Å². The van der Waals surface area contributed by atoms with Crippen molar-refractivity contribution in [1.29, 1.82) is 5.41 Å². The smallest absolute Gasteiger partial charge is 0.417 e. The maximum absolute atomic E-state index is 12.3. The second kappa shape index (κ2) is 12.2. The predicted octanol–water partition coefficient (Wildman–Crippen LogP) is 3.04. The Morgan fingerprint density at radius 2 is 1.52 bits per heavy atom. The second-order valence-electron chi connectivity index (χ2n) is 7.80. The lowest BCUT2D eigenvalue weighted by Crippen LogP contribution is -2.51. The molecule has 2 aromatic carbocycles. The summed E-state index contributed by atoms with van der Waals surface area (Å²) in [6, 6.07) is 16.9. The van der Waals surface area contributed by atoms with Crippen LogP contribution in [0.3, 0.4) is 0 Å². The molecule has 176 valence electrons. The minimum absolute atomic E-state index is 0.0212. The molecule has 0 aliphatic heterocycles. The number of carbonyl (C=O) groups is 3. The normalized spacial score (nSPS) is 12.4. The van der Waals surface area contributed by atoms with Gasteiger partial charge in [-0.05, 0) is 11.1 Å². The molecule has 0 heterocycles. The number of carbonyl (C=O) groups excluding carboxylic acids is 2. The van der Waals surface area contributed by atoms with E-state index in [0.29, 0.717) is 0 Å². The first-order chi connectivity index (χ1) is 15.7. The van der Waals surface area contributed by atoms with E-state index in [-0.39, 0.29) is 18.8 Å². The number of guanidine groups is 1. The summed E-state index contributed by atoms with van der Waals surface area (Å²) in [4.78, 5) is 37.4. The molecule has 2 rings (SSSR count). The Labute approximate surface area is 192 Å². The lowest BCUT2D eigenvalue weighted by Gasteiger charge is -2.27. The van der Waals surface area contributed by atoms with Gasteiger partial charge in [0.15, 0.2) is 0 Å². The van der Waals surface area contributed by atoms with Gasteiger partial charge in [-0.15, -0.1) is 0 Å². The Morgan fingerprint density at radius 1 is 0.970 bits per heavy atom. The zero-order valence-electron chi connectivity index (χ0n) is 18.9. The molecular weight excluding hydrogens is 426 g/mol. The van der Waals surface area contributed by atoms with E-state index in [1.54, 1.807) is 62.4 Å². The number of rotatable bonds is 9. The minimum atomic E-state index is -1.17.